The highest BCUT2D eigenvalue weighted by molar-refractivity contribution is 7.92. The minimum Gasteiger partial charge on any atom is -0.491 e. The van der Waals surface area contributed by atoms with Crippen LogP contribution in [-0.2, 0) is 29.3 Å². The molecular formula is C34H44FN3O10S2. The molecule has 1 aromatic heterocycles. The number of sulfonamides is 1. The predicted molar refractivity (Wildman–Crippen MR) is 183 cm³/mol. The number of aromatic nitrogens is 1. The first kappa shape index (κ1) is 37.7. The topological polar surface area (TPSA) is 173 Å². The van der Waals surface area contributed by atoms with Crippen molar-refractivity contribution in [3.05, 3.63) is 64.7 Å². The summed E-state index contributed by atoms with van der Waals surface area (Å²) in [5.41, 5.74) is -2.46. The number of rotatable bonds is 10. The molecule has 2 N–H and O–H groups in total. The number of aliphatic hydroxyl groups is 1. The monoisotopic (exact) mass is 737 g/mol. The summed E-state index contributed by atoms with van der Waals surface area (Å²) in [6.07, 6.45) is 0.0919. The first-order valence-electron chi connectivity index (χ1n) is 16.4. The number of para-hydroxylation sites is 1. The van der Waals surface area contributed by atoms with E-state index in [1.165, 1.54) is 39.5 Å². The molecule has 13 nitrogen and oxygen atoms in total. The second kappa shape index (κ2) is 14.2. The van der Waals surface area contributed by atoms with Crippen molar-refractivity contribution in [2.75, 3.05) is 32.8 Å². The van der Waals surface area contributed by atoms with Crippen molar-refractivity contribution in [1.29, 1.82) is 0 Å². The quantitative estimate of drug-likeness (QED) is 0.312. The zero-order valence-electron chi connectivity index (χ0n) is 28.7. The summed E-state index contributed by atoms with van der Waals surface area (Å²) in [6, 6.07) is 9.37. The van der Waals surface area contributed by atoms with E-state index in [-0.39, 0.29) is 67.2 Å². The number of pyridine rings is 1. The van der Waals surface area contributed by atoms with Crippen molar-refractivity contribution in [2.24, 2.45) is 0 Å². The van der Waals surface area contributed by atoms with Crippen LogP contribution in [-0.4, -0.2) is 104 Å². The molecule has 3 aromatic rings. The number of ether oxygens (including phenoxy) is 3. The van der Waals surface area contributed by atoms with Gasteiger partial charge in [-0.25, -0.2) is 26.0 Å². The third-order valence-electron chi connectivity index (χ3n) is 8.94. The second-order valence-electron chi connectivity index (χ2n) is 14.1. The van der Waals surface area contributed by atoms with Crippen molar-refractivity contribution >= 4 is 36.9 Å². The highest BCUT2D eigenvalue weighted by Gasteiger charge is 2.48. The molecule has 2 saturated heterocycles. The van der Waals surface area contributed by atoms with Crippen molar-refractivity contribution < 1.29 is 45.3 Å². The van der Waals surface area contributed by atoms with E-state index in [9.17, 15) is 35.9 Å². The van der Waals surface area contributed by atoms with Gasteiger partial charge >= 0.3 is 6.09 Å². The number of H-pyrrole nitrogens is 1. The van der Waals surface area contributed by atoms with E-state index in [1.54, 1.807) is 46.8 Å². The molecule has 0 saturated carbocycles. The average Bonchev–Trinajstić information content (AvgIpc) is 3.45. The normalized spacial score (nSPS) is 19.2. The summed E-state index contributed by atoms with van der Waals surface area (Å²) >= 11 is 0. The van der Waals surface area contributed by atoms with Gasteiger partial charge in [-0.1, -0.05) is 12.1 Å². The number of halogens is 1. The standard InChI is InChI=1S/C34H44FN3O10S2/c1-22(2)49(42,43)26-9-6-8-25(16-26)46-21-24(39)19-38(32(41)48-33(3,4)5)23-17-34(47-20-23)12-14-37(15-13-34)50(44,45)29-18-36-30-27(31(29)40)10-7-11-28(30)35/h6-11,16,18,22-24,39H,12-15,17,19-21H2,1-5H3,(H,36,40)/t23-,24+/m1/s1. The van der Waals surface area contributed by atoms with E-state index < -0.39 is 70.7 Å². The number of hydrogen-bond acceptors (Lipinski definition) is 10. The minimum absolute atomic E-state index is 0.0458. The number of sulfone groups is 1. The van der Waals surface area contributed by atoms with Crippen molar-refractivity contribution in [2.45, 2.75) is 92.3 Å². The molecule has 0 aliphatic carbocycles. The van der Waals surface area contributed by atoms with Gasteiger partial charge in [0.25, 0.3) is 0 Å². The van der Waals surface area contributed by atoms with E-state index in [0.717, 1.165) is 6.20 Å². The van der Waals surface area contributed by atoms with Gasteiger partial charge in [-0.3, -0.25) is 4.79 Å². The van der Waals surface area contributed by atoms with Crippen molar-refractivity contribution in [3.8, 4) is 5.75 Å². The molecule has 1 spiro atoms. The van der Waals surface area contributed by atoms with Crippen LogP contribution in [0.15, 0.2) is 63.2 Å². The molecular weight excluding hydrogens is 694 g/mol. The smallest absolute Gasteiger partial charge is 0.410 e. The Bertz CT molecular complexity index is 2000. The first-order valence-corrected chi connectivity index (χ1v) is 19.4. The molecule has 2 aromatic carbocycles. The number of benzene rings is 2. The molecule has 2 aliphatic rings. The number of aliphatic hydroxyl groups excluding tert-OH is 1. The van der Waals surface area contributed by atoms with Crippen LogP contribution in [0.4, 0.5) is 9.18 Å². The molecule has 274 valence electrons. The van der Waals surface area contributed by atoms with Crippen LogP contribution in [0.25, 0.3) is 10.9 Å². The molecule has 5 rings (SSSR count). The maximum Gasteiger partial charge on any atom is 0.410 e. The predicted octanol–water partition coefficient (Wildman–Crippen LogP) is 3.84. The molecule has 1 amide bonds. The maximum absolute atomic E-state index is 14.2. The van der Waals surface area contributed by atoms with Gasteiger partial charge in [-0.05, 0) is 84.2 Å². The fourth-order valence-corrected chi connectivity index (χ4v) is 8.79. The number of carbonyl (C=O) groups excluding carboxylic acids is 1. The van der Waals surface area contributed by atoms with Crippen molar-refractivity contribution in [1.82, 2.24) is 14.2 Å². The molecule has 0 unspecified atom stereocenters. The van der Waals surface area contributed by atoms with Gasteiger partial charge < -0.3 is 29.2 Å². The summed E-state index contributed by atoms with van der Waals surface area (Å²) < 4.78 is 85.3. The van der Waals surface area contributed by atoms with E-state index in [0.29, 0.717) is 6.42 Å². The Hall–Kier alpha value is -3.57. The van der Waals surface area contributed by atoms with E-state index >= 15 is 0 Å². The van der Waals surface area contributed by atoms with Crippen molar-refractivity contribution in [3.63, 3.8) is 0 Å². The summed E-state index contributed by atoms with van der Waals surface area (Å²) in [5.74, 6) is -0.418. The largest absolute Gasteiger partial charge is 0.491 e. The Labute approximate surface area is 291 Å². The third-order valence-corrected chi connectivity index (χ3v) is 13.0. The zero-order chi connectivity index (χ0) is 36.6. The van der Waals surface area contributed by atoms with Crippen LogP contribution in [0, 0.1) is 5.82 Å². The van der Waals surface area contributed by atoms with E-state index in [1.807, 2.05) is 0 Å². The Kier molecular flexibility index (Phi) is 10.7. The lowest BCUT2D eigenvalue weighted by Gasteiger charge is -2.38. The lowest BCUT2D eigenvalue weighted by atomic mass is 9.88. The number of piperidine rings is 1. The fourth-order valence-electron chi connectivity index (χ4n) is 6.21. The molecule has 50 heavy (non-hydrogen) atoms. The van der Waals surface area contributed by atoms with Crippen LogP contribution >= 0.6 is 0 Å². The van der Waals surface area contributed by atoms with Crippen LogP contribution < -0.4 is 10.2 Å². The number of fused-ring (bicyclic) bond motifs is 1. The SMILES string of the molecule is CC(C)S(=O)(=O)c1cccc(OC[C@@H](O)CN(C(=O)OC(C)(C)C)[C@H]2COC3(CCN(S(=O)(=O)c4c[nH]c5c(F)cccc5c4=O)CC3)C2)c1. The van der Waals surface area contributed by atoms with Gasteiger partial charge in [0.1, 0.15) is 34.8 Å². The van der Waals surface area contributed by atoms with Gasteiger partial charge in [0, 0.05) is 24.7 Å². The number of nitrogens with one attached hydrogen (secondary N) is 1. The Morgan fingerprint density at radius 1 is 1.14 bits per heavy atom. The highest BCUT2D eigenvalue weighted by Crippen LogP contribution is 2.39. The summed E-state index contributed by atoms with van der Waals surface area (Å²) in [7, 11) is -7.76. The van der Waals surface area contributed by atoms with Crippen LogP contribution in [0.2, 0.25) is 0 Å². The second-order valence-corrected chi connectivity index (χ2v) is 18.5. The molecule has 2 fully saturated rings. The summed E-state index contributed by atoms with van der Waals surface area (Å²) in [6.45, 7) is 8.13. The molecule has 2 aliphatic heterocycles. The van der Waals surface area contributed by atoms with E-state index in [2.05, 4.69) is 4.98 Å². The Balaban J connectivity index is 1.26. The fraction of sp³-hybridized carbons (Fsp3) is 0.529. The minimum atomic E-state index is -4.22. The van der Waals surface area contributed by atoms with Crippen LogP contribution in [0.5, 0.6) is 5.75 Å². The van der Waals surface area contributed by atoms with Gasteiger partial charge in [-0.2, -0.15) is 4.31 Å². The maximum atomic E-state index is 14.2. The van der Waals surface area contributed by atoms with Gasteiger partial charge in [0.2, 0.25) is 15.5 Å². The van der Waals surface area contributed by atoms with E-state index in [4.69, 9.17) is 14.2 Å². The van der Waals surface area contributed by atoms with Crippen LogP contribution in [0.1, 0.15) is 53.9 Å². The molecule has 0 radical (unpaired) electrons. The number of carbonyl (C=O) groups is 1. The van der Waals surface area contributed by atoms with Gasteiger partial charge in [0.05, 0.1) is 40.5 Å². The number of aromatic amines is 1. The average molecular weight is 738 g/mol. The number of hydrogen-bond donors (Lipinski definition) is 2. The highest BCUT2D eigenvalue weighted by atomic mass is 32.2. The summed E-state index contributed by atoms with van der Waals surface area (Å²) in [4.78, 5) is 30.1. The first-order chi connectivity index (χ1) is 23.3. The Morgan fingerprint density at radius 2 is 1.82 bits per heavy atom. The molecule has 0 bridgehead atoms. The van der Waals surface area contributed by atoms with Crippen LogP contribution in [0.3, 0.4) is 0 Å². The molecule has 16 heteroatoms. The summed E-state index contributed by atoms with van der Waals surface area (Å²) in [5, 5.41) is 10.3. The Morgan fingerprint density at radius 3 is 2.48 bits per heavy atom. The molecule has 3 heterocycles. The van der Waals surface area contributed by atoms with Gasteiger partial charge in [0.15, 0.2) is 9.84 Å². The third kappa shape index (κ3) is 7.99. The lowest BCUT2D eigenvalue weighted by molar-refractivity contribution is -0.0329. The number of nitrogens with zero attached hydrogens (tertiary/aromatic N) is 2. The number of amides is 1. The zero-order valence-corrected chi connectivity index (χ0v) is 30.4. The van der Waals surface area contributed by atoms with Gasteiger partial charge in [-0.15, -0.1) is 0 Å². The lowest BCUT2D eigenvalue weighted by Crippen LogP contribution is -2.50. The molecule has 2 atom stereocenters.